The van der Waals surface area contributed by atoms with Crippen molar-refractivity contribution >= 4 is 5.97 Å². The van der Waals surface area contributed by atoms with E-state index in [1.807, 2.05) is 4.90 Å². The SMILES string of the molecule is CCOC(=O)C(F)C1(O)CCCN(C)C1. The first-order valence-electron chi connectivity index (χ1n) is 5.21. The third-order valence-corrected chi connectivity index (χ3v) is 2.66. The summed E-state index contributed by atoms with van der Waals surface area (Å²) < 4.78 is 18.2. The highest BCUT2D eigenvalue weighted by molar-refractivity contribution is 5.76. The van der Waals surface area contributed by atoms with Crippen LogP contribution in [0, 0.1) is 0 Å². The third-order valence-electron chi connectivity index (χ3n) is 2.66. The Kier molecular flexibility index (Phi) is 4.04. The van der Waals surface area contributed by atoms with Gasteiger partial charge < -0.3 is 14.7 Å². The summed E-state index contributed by atoms with van der Waals surface area (Å²) in [5.74, 6) is -0.963. The van der Waals surface area contributed by atoms with Gasteiger partial charge in [0.25, 0.3) is 0 Å². The fourth-order valence-electron chi connectivity index (χ4n) is 1.92. The van der Waals surface area contributed by atoms with Crippen LogP contribution in [0.2, 0.25) is 0 Å². The van der Waals surface area contributed by atoms with E-state index in [1.165, 1.54) is 0 Å². The van der Waals surface area contributed by atoms with Crippen molar-refractivity contribution in [1.29, 1.82) is 0 Å². The number of piperidine rings is 1. The van der Waals surface area contributed by atoms with Crippen molar-refractivity contribution in [3.05, 3.63) is 0 Å². The molecule has 5 heteroatoms. The van der Waals surface area contributed by atoms with Crippen LogP contribution in [0.1, 0.15) is 19.8 Å². The standard InChI is InChI=1S/C10H18FNO3/c1-3-15-9(13)8(11)10(14)5-4-6-12(2)7-10/h8,14H,3-7H2,1-2H3. The number of alkyl halides is 1. The lowest BCUT2D eigenvalue weighted by molar-refractivity contribution is -0.164. The van der Waals surface area contributed by atoms with Gasteiger partial charge in [-0.2, -0.15) is 0 Å². The van der Waals surface area contributed by atoms with Gasteiger partial charge in [-0.15, -0.1) is 0 Å². The molecule has 1 rings (SSSR count). The summed E-state index contributed by atoms with van der Waals surface area (Å²) in [7, 11) is 1.79. The number of nitrogens with zero attached hydrogens (tertiary/aromatic N) is 1. The Morgan fingerprint density at radius 3 is 2.93 bits per heavy atom. The second-order valence-corrected chi connectivity index (χ2v) is 4.06. The zero-order valence-corrected chi connectivity index (χ0v) is 9.20. The second-order valence-electron chi connectivity index (χ2n) is 4.06. The quantitative estimate of drug-likeness (QED) is 0.696. The molecule has 0 aromatic rings. The summed E-state index contributed by atoms with van der Waals surface area (Å²) in [6, 6.07) is 0. The molecule has 1 aliphatic heterocycles. The van der Waals surface area contributed by atoms with E-state index >= 15 is 0 Å². The summed E-state index contributed by atoms with van der Waals surface area (Å²) in [6.45, 7) is 2.73. The Labute approximate surface area is 89.0 Å². The number of carbonyl (C=O) groups excluding carboxylic acids is 1. The first-order chi connectivity index (χ1) is 6.99. The molecule has 1 saturated heterocycles. The molecule has 0 spiro atoms. The van der Waals surface area contributed by atoms with Gasteiger partial charge in [0.15, 0.2) is 0 Å². The molecule has 2 unspecified atom stereocenters. The number of likely N-dealkylation sites (N-methyl/N-ethyl adjacent to an activating group) is 1. The molecule has 88 valence electrons. The number of aliphatic hydroxyl groups is 1. The Hall–Kier alpha value is -0.680. The molecule has 2 atom stereocenters. The molecule has 1 heterocycles. The number of ether oxygens (including phenoxy) is 1. The van der Waals surface area contributed by atoms with Crippen LogP contribution >= 0.6 is 0 Å². The summed E-state index contributed by atoms with van der Waals surface area (Å²) in [6.07, 6.45) is -0.954. The number of halogens is 1. The average Bonchev–Trinajstić information content (AvgIpc) is 2.16. The van der Waals surface area contributed by atoms with Crippen LogP contribution < -0.4 is 0 Å². The highest BCUT2D eigenvalue weighted by Crippen LogP contribution is 2.26. The monoisotopic (exact) mass is 219 g/mol. The molecule has 1 aliphatic rings. The lowest BCUT2D eigenvalue weighted by Gasteiger charge is -2.38. The lowest BCUT2D eigenvalue weighted by atomic mass is 9.88. The van der Waals surface area contributed by atoms with Gasteiger partial charge in [-0.25, -0.2) is 9.18 Å². The highest BCUT2D eigenvalue weighted by Gasteiger charge is 2.45. The van der Waals surface area contributed by atoms with Crippen LogP contribution in [-0.2, 0) is 9.53 Å². The molecule has 0 aliphatic carbocycles. The molecule has 0 aromatic carbocycles. The summed E-state index contributed by atoms with van der Waals surface area (Å²) in [4.78, 5) is 13.0. The Morgan fingerprint density at radius 2 is 2.40 bits per heavy atom. The molecular formula is C10H18FNO3. The van der Waals surface area contributed by atoms with Gasteiger partial charge in [0.05, 0.1) is 6.61 Å². The minimum absolute atomic E-state index is 0.130. The van der Waals surface area contributed by atoms with Crippen molar-refractivity contribution in [2.24, 2.45) is 0 Å². The minimum atomic E-state index is -1.94. The maximum absolute atomic E-state index is 13.7. The van der Waals surface area contributed by atoms with Crippen LogP contribution in [0.5, 0.6) is 0 Å². The van der Waals surface area contributed by atoms with E-state index in [1.54, 1.807) is 14.0 Å². The number of hydrogen-bond acceptors (Lipinski definition) is 4. The number of hydrogen-bond donors (Lipinski definition) is 1. The van der Waals surface area contributed by atoms with Crippen molar-refractivity contribution < 1.29 is 19.0 Å². The van der Waals surface area contributed by atoms with E-state index in [4.69, 9.17) is 0 Å². The van der Waals surface area contributed by atoms with Crippen molar-refractivity contribution in [1.82, 2.24) is 4.90 Å². The Balaban J connectivity index is 2.63. The molecule has 0 bridgehead atoms. The topological polar surface area (TPSA) is 49.8 Å². The maximum atomic E-state index is 13.7. The molecule has 0 amide bonds. The van der Waals surface area contributed by atoms with Gasteiger partial charge >= 0.3 is 5.97 Å². The van der Waals surface area contributed by atoms with Gasteiger partial charge in [0, 0.05) is 6.54 Å². The smallest absolute Gasteiger partial charge is 0.343 e. The molecule has 1 N–H and O–H groups in total. The van der Waals surface area contributed by atoms with E-state index in [0.717, 1.165) is 6.54 Å². The normalized spacial score (nSPS) is 29.9. The number of carbonyl (C=O) groups is 1. The first-order valence-corrected chi connectivity index (χ1v) is 5.21. The van der Waals surface area contributed by atoms with Crippen LogP contribution in [0.3, 0.4) is 0 Å². The van der Waals surface area contributed by atoms with Gasteiger partial charge in [0.2, 0.25) is 6.17 Å². The van der Waals surface area contributed by atoms with Gasteiger partial charge in [-0.05, 0) is 33.4 Å². The molecule has 0 radical (unpaired) electrons. The van der Waals surface area contributed by atoms with Gasteiger partial charge in [-0.3, -0.25) is 0 Å². The summed E-state index contributed by atoms with van der Waals surface area (Å²) in [5, 5.41) is 9.99. The number of likely N-dealkylation sites (tertiary alicyclic amines) is 1. The van der Waals surface area contributed by atoms with Crippen LogP contribution in [0.25, 0.3) is 0 Å². The van der Waals surface area contributed by atoms with Crippen LogP contribution in [0.15, 0.2) is 0 Å². The van der Waals surface area contributed by atoms with E-state index in [2.05, 4.69) is 4.74 Å². The zero-order chi connectivity index (χ0) is 11.5. The summed E-state index contributed by atoms with van der Waals surface area (Å²) in [5.41, 5.74) is -1.58. The van der Waals surface area contributed by atoms with E-state index in [0.29, 0.717) is 12.8 Å². The third kappa shape index (κ3) is 2.89. The number of β-amino-alcohol motifs (C(OH)–C–C–N with tert-alkyl or cyclic N) is 1. The largest absolute Gasteiger partial charge is 0.464 e. The molecule has 1 fully saturated rings. The Morgan fingerprint density at radius 1 is 1.73 bits per heavy atom. The zero-order valence-electron chi connectivity index (χ0n) is 9.20. The Bertz CT molecular complexity index is 237. The van der Waals surface area contributed by atoms with E-state index in [-0.39, 0.29) is 13.2 Å². The summed E-state index contributed by atoms with van der Waals surface area (Å²) >= 11 is 0. The first kappa shape index (κ1) is 12.4. The van der Waals surface area contributed by atoms with E-state index in [9.17, 15) is 14.3 Å². The molecule has 0 aromatic heterocycles. The van der Waals surface area contributed by atoms with Crippen molar-refractivity contribution in [3.63, 3.8) is 0 Å². The van der Waals surface area contributed by atoms with Crippen molar-refractivity contribution in [2.45, 2.75) is 31.5 Å². The van der Waals surface area contributed by atoms with Crippen molar-refractivity contribution in [3.8, 4) is 0 Å². The van der Waals surface area contributed by atoms with Crippen LogP contribution in [-0.4, -0.2) is 54.5 Å². The molecular weight excluding hydrogens is 201 g/mol. The van der Waals surface area contributed by atoms with Crippen molar-refractivity contribution in [2.75, 3.05) is 26.7 Å². The number of rotatable bonds is 3. The van der Waals surface area contributed by atoms with Gasteiger partial charge in [0.1, 0.15) is 5.60 Å². The average molecular weight is 219 g/mol. The molecule has 4 nitrogen and oxygen atoms in total. The van der Waals surface area contributed by atoms with Crippen LogP contribution in [0.4, 0.5) is 4.39 Å². The van der Waals surface area contributed by atoms with Gasteiger partial charge in [-0.1, -0.05) is 0 Å². The predicted octanol–water partition coefficient (Wildman–Crippen LogP) is 0.344. The minimum Gasteiger partial charge on any atom is -0.464 e. The molecule has 15 heavy (non-hydrogen) atoms. The fraction of sp³-hybridized carbons (Fsp3) is 0.900. The number of esters is 1. The maximum Gasteiger partial charge on any atom is 0.343 e. The predicted molar refractivity (Wildman–Crippen MR) is 53.2 cm³/mol. The highest BCUT2D eigenvalue weighted by atomic mass is 19.1. The molecule has 0 saturated carbocycles. The lowest BCUT2D eigenvalue weighted by Crippen LogP contribution is -2.55. The fourth-order valence-corrected chi connectivity index (χ4v) is 1.92. The second kappa shape index (κ2) is 4.90. The van der Waals surface area contributed by atoms with E-state index < -0.39 is 17.7 Å².